The number of carbonyl (C=O) groups is 1. The van der Waals surface area contributed by atoms with Crippen molar-refractivity contribution in [3.63, 3.8) is 0 Å². The van der Waals surface area contributed by atoms with Gasteiger partial charge >= 0.3 is 0 Å². The molecular formula is C18H16N4O3S. The number of hydrogen-bond acceptors (Lipinski definition) is 5. The number of nitro benzene ring substituents is 1. The topological polar surface area (TPSA) is 101 Å². The molecule has 3 aromatic rings. The maximum Gasteiger partial charge on any atom is 0.270 e. The van der Waals surface area contributed by atoms with E-state index in [0.29, 0.717) is 18.5 Å². The van der Waals surface area contributed by atoms with Gasteiger partial charge in [-0.3, -0.25) is 14.9 Å². The molecule has 7 nitrogen and oxygen atoms in total. The van der Waals surface area contributed by atoms with Crippen LogP contribution < -0.4 is 5.32 Å². The number of nitro groups is 1. The molecule has 0 fully saturated rings. The summed E-state index contributed by atoms with van der Waals surface area (Å²) >= 11 is 1.61. The molecule has 0 saturated heterocycles. The van der Waals surface area contributed by atoms with Crippen LogP contribution in [0.4, 0.5) is 5.69 Å². The molecule has 1 aromatic carbocycles. The summed E-state index contributed by atoms with van der Waals surface area (Å²) in [5.41, 5.74) is 2.47. The molecule has 26 heavy (non-hydrogen) atoms. The molecule has 0 saturated carbocycles. The van der Waals surface area contributed by atoms with E-state index in [-0.39, 0.29) is 11.6 Å². The van der Waals surface area contributed by atoms with Gasteiger partial charge in [-0.25, -0.2) is 4.98 Å². The normalized spacial score (nSPS) is 10.9. The molecule has 1 amide bonds. The number of benzene rings is 1. The summed E-state index contributed by atoms with van der Waals surface area (Å²) in [5.74, 6) is -0.256. The highest BCUT2D eigenvalue weighted by Crippen LogP contribution is 2.25. The Morgan fingerprint density at radius 1 is 1.35 bits per heavy atom. The smallest absolute Gasteiger partial charge is 0.270 e. The second-order valence-electron chi connectivity index (χ2n) is 5.43. The fourth-order valence-corrected chi connectivity index (χ4v) is 3.17. The first kappa shape index (κ1) is 17.6. The van der Waals surface area contributed by atoms with E-state index in [2.05, 4.69) is 15.3 Å². The molecule has 2 aromatic heterocycles. The van der Waals surface area contributed by atoms with Crippen LogP contribution in [0.25, 0.3) is 16.6 Å². The lowest BCUT2D eigenvalue weighted by Crippen LogP contribution is -2.23. The lowest BCUT2D eigenvalue weighted by Gasteiger charge is -2.03. The van der Waals surface area contributed by atoms with E-state index in [4.69, 9.17) is 0 Å². The van der Waals surface area contributed by atoms with E-state index in [1.165, 1.54) is 18.2 Å². The summed E-state index contributed by atoms with van der Waals surface area (Å²) in [7, 11) is 0. The van der Waals surface area contributed by atoms with Crippen LogP contribution in [0, 0.1) is 10.1 Å². The third-order valence-corrected chi connectivity index (χ3v) is 4.53. The first-order valence-corrected chi connectivity index (χ1v) is 8.78. The number of hydrogen-bond donors (Lipinski definition) is 2. The second kappa shape index (κ2) is 8.21. The van der Waals surface area contributed by atoms with Crippen molar-refractivity contribution in [2.45, 2.75) is 6.42 Å². The summed E-state index contributed by atoms with van der Waals surface area (Å²) in [6.45, 7) is 0.457. The molecule has 0 radical (unpaired) electrons. The van der Waals surface area contributed by atoms with Crippen LogP contribution in [-0.4, -0.2) is 27.3 Å². The molecule has 0 spiro atoms. The van der Waals surface area contributed by atoms with Gasteiger partial charge in [-0.05, 0) is 23.1 Å². The van der Waals surface area contributed by atoms with Crippen molar-refractivity contribution in [3.8, 4) is 10.6 Å². The molecule has 0 unspecified atom stereocenters. The number of imidazole rings is 1. The van der Waals surface area contributed by atoms with Crippen molar-refractivity contribution in [1.29, 1.82) is 0 Å². The number of amides is 1. The van der Waals surface area contributed by atoms with Gasteiger partial charge in [0.15, 0.2) is 0 Å². The number of rotatable bonds is 7. The largest absolute Gasteiger partial charge is 0.352 e. The first-order chi connectivity index (χ1) is 12.6. The number of nitrogens with one attached hydrogen (secondary N) is 2. The number of non-ortho nitro benzene ring substituents is 1. The van der Waals surface area contributed by atoms with Crippen molar-refractivity contribution < 1.29 is 9.72 Å². The molecule has 0 aliphatic carbocycles. The van der Waals surface area contributed by atoms with E-state index in [1.807, 2.05) is 17.5 Å². The highest BCUT2D eigenvalue weighted by molar-refractivity contribution is 7.13. The van der Waals surface area contributed by atoms with Crippen LogP contribution in [0.15, 0.2) is 54.2 Å². The van der Waals surface area contributed by atoms with Gasteiger partial charge in [-0.15, -0.1) is 11.3 Å². The van der Waals surface area contributed by atoms with Crippen LogP contribution >= 0.6 is 11.3 Å². The molecule has 0 bridgehead atoms. The maximum absolute atomic E-state index is 11.9. The Morgan fingerprint density at radius 3 is 3.00 bits per heavy atom. The standard InChI is InChI=1S/C18H16N4O3S/c23-17(7-6-13-3-1-4-14(11-13)22(24)25)19-9-8-15-18(21-12-20-15)16-5-2-10-26-16/h1-7,10-12H,8-9H2,(H,19,23)(H,20,21)/b7-6+. The predicted molar refractivity (Wildman–Crippen MR) is 101 cm³/mol. The highest BCUT2D eigenvalue weighted by Gasteiger charge is 2.09. The van der Waals surface area contributed by atoms with E-state index in [9.17, 15) is 14.9 Å². The van der Waals surface area contributed by atoms with Crippen molar-refractivity contribution >= 4 is 29.0 Å². The quantitative estimate of drug-likeness (QED) is 0.379. The van der Waals surface area contributed by atoms with Crippen molar-refractivity contribution in [1.82, 2.24) is 15.3 Å². The molecular weight excluding hydrogens is 352 g/mol. The summed E-state index contributed by atoms with van der Waals surface area (Å²) in [6, 6.07) is 10.1. The highest BCUT2D eigenvalue weighted by atomic mass is 32.1. The van der Waals surface area contributed by atoms with Crippen LogP contribution in [-0.2, 0) is 11.2 Å². The lowest BCUT2D eigenvalue weighted by atomic mass is 10.2. The Balaban J connectivity index is 1.53. The van der Waals surface area contributed by atoms with E-state index in [1.54, 1.807) is 35.9 Å². The minimum absolute atomic E-state index is 0.00657. The maximum atomic E-state index is 11.9. The number of thiophene rings is 1. The van der Waals surface area contributed by atoms with Crippen molar-refractivity contribution in [2.24, 2.45) is 0 Å². The van der Waals surface area contributed by atoms with Crippen molar-refractivity contribution in [2.75, 3.05) is 6.54 Å². The van der Waals surface area contributed by atoms with E-state index in [0.717, 1.165) is 16.3 Å². The number of carbonyl (C=O) groups excluding carboxylic acids is 1. The third kappa shape index (κ3) is 4.42. The van der Waals surface area contributed by atoms with Gasteiger partial charge in [0.2, 0.25) is 5.91 Å². The summed E-state index contributed by atoms with van der Waals surface area (Å²) in [5, 5.41) is 15.5. The monoisotopic (exact) mass is 368 g/mol. The number of H-pyrrole nitrogens is 1. The molecule has 8 heteroatoms. The molecule has 0 atom stereocenters. The zero-order chi connectivity index (χ0) is 18.4. The van der Waals surface area contributed by atoms with Crippen LogP contribution in [0.2, 0.25) is 0 Å². The molecule has 0 aliphatic rings. The Bertz CT molecular complexity index is 932. The minimum atomic E-state index is -0.465. The third-order valence-electron chi connectivity index (χ3n) is 3.66. The Labute approximate surface area is 153 Å². The van der Waals surface area contributed by atoms with Crippen LogP contribution in [0.3, 0.4) is 0 Å². The Morgan fingerprint density at radius 2 is 2.23 bits per heavy atom. The summed E-state index contributed by atoms with van der Waals surface area (Å²) in [4.78, 5) is 30.7. The van der Waals surface area contributed by atoms with E-state index >= 15 is 0 Å². The first-order valence-electron chi connectivity index (χ1n) is 7.90. The fourth-order valence-electron chi connectivity index (χ4n) is 2.42. The predicted octanol–water partition coefficient (Wildman–Crippen LogP) is 3.42. The second-order valence-corrected chi connectivity index (χ2v) is 6.38. The molecule has 2 N–H and O–H groups in total. The summed E-state index contributed by atoms with van der Waals surface area (Å²) in [6.07, 6.45) is 5.19. The zero-order valence-corrected chi connectivity index (χ0v) is 14.5. The van der Waals surface area contributed by atoms with Gasteiger partial charge in [0.05, 0.1) is 16.1 Å². The number of aromatic nitrogens is 2. The molecule has 132 valence electrons. The van der Waals surface area contributed by atoms with Crippen molar-refractivity contribution in [3.05, 3.63) is 75.6 Å². The summed E-state index contributed by atoms with van der Waals surface area (Å²) < 4.78 is 0. The van der Waals surface area contributed by atoms with Gasteiger partial charge < -0.3 is 10.3 Å². The average Bonchev–Trinajstić information content (AvgIpc) is 3.31. The zero-order valence-electron chi connectivity index (χ0n) is 13.7. The minimum Gasteiger partial charge on any atom is -0.352 e. The van der Waals surface area contributed by atoms with Gasteiger partial charge in [-0.2, -0.15) is 0 Å². The Hall–Kier alpha value is -3.26. The van der Waals surface area contributed by atoms with Gasteiger partial charge in [-0.1, -0.05) is 18.2 Å². The van der Waals surface area contributed by atoms with Gasteiger partial charge in [0.1, 0.15) is 5.69 Å². The van der Waals surface area contributed by atoms with Gasteiger partial charge in [0, 0.05) is 36.9 Å². The van der Waals surface area contributed by atoms with E-state index < -0.39 is 4.92 Å². The molecule has 2 heterocycles. The SMILES string of the molecule is O=C(/C=C/c1cccc([N+](=O)[O-])c1)NCCc1[nH]cnc1-c1cccs1. The van der Waals surface area contributed by atoms with Gasteiger partial charge in [0.25, 0.3) is 5.69 Å². The van der Waals surface area contributed by atoms with Crippen LogP contribution in [0.1, 0.15) is 11.3 Å². The average molecular weight is 368 g/mol. The number of aromatic amines is 1. The fraction of sp³-hybridized carbons (Fsp3) is 0.111. The number of nitrogens with zero attached hydrogens (tertiary/aromatic N) is 2. The molecule has 0 aliphatic heterocycles. The van der Waals surface area contributed by atoms with Crippen LogP contribution in [0.5, 0.6) is 0 Å². The Kier molecular flexibility index (Phi) is 5.55. The lowest BCUT2D eigenvalue weighted by molar-refractivity contribution is -0.384. The molecule has 3 rings (SSSR count).